The first-order valence-corrected chi connectivity index (χ1v) is 10.9. The summed E-state index contributed by atoms with van der Waals surface area (Å²) in [6, 6.07) is 16.2. The molecule has 9 heteroatoms. The van der Waals surface area contributed by atoms with Crippen molar-refractivity contribution in [3.63, 3.8) is 0 Å². The summed E-state index contributed by atoms with van der Waals surface area (Å²) >= 11 is 0. The summed E-state index contributed by atoms with van der Waals surface area (Å²) in [4.78, 5) is 25.2. The number of amides is 2. The standard InChI is InChI=1S/C25H26N6O3/c1-4-31-23(8-10-26-31)25(33)28-20-7-5-6-19(15-20)27-24(32)22-9-11-30(29-22)16-34-21-13-17(2)12-18(3)14-21/h5-15H,4,16H2,1-3H3,(H,27,32)(H,28,33). The number of anilines is 2. The van der Waals surface area contributed by atoms with Gasteiger partial charge in [-0.15, -0.1) is 0 Å². The first kappa shape index (κ1) is 22.8. The molecule has 0 atom stereocenters. The van der Waals surface area contributed by atoms with Crippen molar-refractivity contribution >= 4 is 23.2 Å². The number of aryl methyl sites for hydroxylation is 3. The fraction of sp³-hybridized carbons (Fsp3) is 0.200. The van der Waals surface area contributed by atoms with Crippen molar-refractivity contribution in [2.45, 2.75) is 34.0 Å². The Morgan fingerprint density at radius 2 is 1.65 bits per heavy atom. The number of nitrogens with one attached hydrogen (secondary N) is 2. The molecular weight excluding hydrogens is 432 g/mol. The van der Waals surface area contributed by atoms with Gasteiger partial charge in [0.15, 0.2) is 12.4 Å². The van der Waals surface area contributed by atoms with Crippen LogP contribution in [0.4, 0.5) is 11.4 Å². The summed E-state index contributed by atoms with van der Waals surface area (Å²) in [6.07, 6.45) is 3.27. The van der Waals surface area contributed by atoms with Crippen LogP contribution in [-0.2, 0) is 13.3 Å². The van der Waals surface area contributed by atoms with E-state index in [0.717, 1.165) is 16.9 Å². The van der Waals surface area contributed by atoms with E-state index in [4.69, 9.17) is 4.74 Å². The zero-order chi connectivity index (χ0) is 24.1. The Balaban J connectivity index is 1.36. The molecule has 0 fully saturated rings. The molecule has 0 aliphatic carbocycles. The molecule has 4 rings (SSSR count). The van der Waals surface area contributed by atoms with Crippen LogP contribution >= 0.6 is 0 Å². The number of hydrogen-bond acceptors (Lipinski definition) is 5. The second-order valence-corrected chi connectivity index (χ2v) is 7.86. The van der Waals surface area contributed by atoms with Gasteiger partial charge in [0.25, 0.3) is 11.8 Å². The highest BCUT2D eigenvalue weighted by molar-refractivity contribution is 6.05. The molecule has 4 aromatic rings. The van der Waals surface area contributed by atoms with Gasteiger partial charge in [0.05, 0.1) is 0 Å². The highest BCUT2D eigenvalue weighted by Crippen LogP contribution is 2.18. The van der Waals surface area contributed by atoms with Gasteiger partial charge in [-0.05, 0) is 74.4 Å². The van der Waals surface area contributed by atoms with Crippen LogP contribution in [0.15, 0.2) is 67.0 Å². The van der Waals surface area contributed by atoms with Gasteiger partial charge < -0.3 is 15.4 Å². The fourth-order valence-electron chi connectivity index (χ4n) is 3.55. The molecule has 2 aromatic heterocycles. The molecular formula is C25H26N6O3. The minimum Gasteiger partial charge on any atom is -0.471 e. The summed E-state index contributed by atoms with van der Waals surface area (Å²) in [5, 5.41) is 14.0. The van der Waals surface area contributed by atoms with E-state index in [1.54, 1.807) is 58.2 Å². The number of carbonyl (C=O) groups is 2. The lowest BCUT2D eigenvalue weighted by molar-refractivity contribution is 0.101. The quantitative estimate of drug-likeness (QED) is 0.411. The molecule has 2 amide bonds. The van der Waals surface area contributed by atoms with E-state index in [1.807, 2.05) is 32.9 Å². The van der Waals surface area contributed by atoms with Crippen molar-refractivity contribution in [3.8, 4) is 5.75 Å². The maximum absolute atomic E-state index is 12.7. The minimum atomic E-state index is -0.363. The number of rotatable bonds is 8. The van der Waals surface area contributed by atoms with Crippen molar-refractivity contribution in [3.05, 3.63) is 89.5 Å². The Hall–Kier alpha value is -4.40. The lowest BCUT2D eigenvalue weighted by Crippen LogP contribution is -2.18. The monoisotopic (exact) mass is 458 g/mol. The van der Waals surface area contributed by atoms with E-state index in [-0.39, 0.29) is 24.2 Å². The lowest BCUT2D eigenvalue weighted by atomic mass is 10.1. The average Bonchev–Trinajstić information content (AvgIpc) is 3.47. The van der Waals surface area contributed by atoms with Crippen LogP contribution < -0.4 is 15.4 Å². The molecule has 0 spiro atoms. The topological polar surface area (TPSA) is 103 Å². The molecule has 2 N–H and O–H groups in total. The van der Waals surface area contributed by atoms with Crippen molar-refractivity contribution in [1.82, 2.24) is 19.6 Å². The number of aromatic nitrogens is 4. The maximum atomic E-state index is 12.7. The first-order valence-electron chi connectivity index (χ1n) is 10.9. The fourth-order valence-corrected chi connectivity index (χ4v) is 3.55. The van der Waals surface area contributed by atoms with Crippen molar-refractivity contribution in [2.24, 2.45) is 0 Å². The van der Waals surface area contributed by atoms with Gasteiger partial charge in [-0.25, -0.2) is 4.68 Å². The van der Waals surface area contributed by atoms with Gasteiger partial charge in [0.1, 0.15) is 11.4 Å². The third-order valence-electron chi connectivity index (χ3n) is 5.06. The van der Waals surface area contributed by atoms with Crippen molar-refractivity contribution < 1.29 is 14.3 Å². The molecule has 0 aliphatic rings. The SMILES string of the molecule is CCn1nccc1C(=O)Nc1cccc(NC(=O)c2ccn(COc3cc(C)cc(C)c3)n2)c1. The molecule has 0 unspecified atom stereocenters. The third-order valence-corrected chi connectivity index (χ3v) is 5.06. The average molecular weight is 459 g/mol. The van der Waals surface area contributed by atoms with E-state index in [0.29, 0.717) is 23.6 Å². The van der Waals surface area contributed by atoms with Crippen LogP contribution in [0.1, 0.15) is 39.0 Å². The van der Waals surface area contributed by atoms with Gasteiger partial charge in [-0.3, -0.25) is 14.3 Å². The van der Waals surface area contributed by atoms with Gasteiger partial charge in [-0.2, -0.15) is 10.2 Å². The molecule has 9 nitrogen and oxygen atoms in total. The number of carbonyl (C=O) groups excluding carboxylic acids is 2. The smallest absolute Gasteiger partial charge is 0.276 e. The second-order valence-electron chi connectivity index (χ2n) is 7.86. The predicted octanol–water partition coefficient (Wildman–Crippen LogP) is 4.26. The van der Waals surface area contributed by atoms with Crippen molar-refractivity contribution in [2.75, 3.05) is 10.6 Å². The number of nitrogens with zero attached hydrogens (tertiary/aromatic N) is 4. The van der Waals surface area contributed by atoms with E-state index in [9.17, 15) is 9.59 Å². The molecule has 0 saturated heterocycles. The Labute approximate surface area is 197 Å². The molecule has 0 saturated carbocycles. The summed E-state index contributed by atoms with van der Waals surface area (Å²) < 4.78 is 8.96. The van der Waals surface area contributed by atoms with Gasteiger partial charge in [-0.1, -0.05) is 12.1 Å². The lowest BCUT2D eigenvalue weighted by Gasteiger charge is -2.09. The maximum Gasteiger partial charge on any atom is 0.276 e. The molecule has 2 heterocycles. The molecule has 174 valence electrons. The van der Waals surface area contributed by atoms with E-state index in [2.05, 4.69) is 26.9 Å². The molecule has 0 radical (unpaired) electrons. The number of ether oxygens (including phenoxy) is 1. The van der Waals surface area contributed by atoms with E-state index >= 15 is 0 Å². The molecule has 2 aromatic carbocycles. The molecule has 0 bridgehead atoms. The second kappa shape index (κ2) is 10.0. The van der Waals surface area contributed by atoms with Gasteiger partial charge in [0.2, 0.25) is 0 Å². The van der Waals surface area contributed by atoms with Gasteiger partial charge in [0, 0.05) is 30.3 Å². The largest absolute Gasteiger partial charge is 0.471 e. The minimum absolute atomic E-state index is 0.187. The van der Waals surface area contributed by atoms with Crippen LogP contribution in [0.2, 0.25) is 0 Å². The Morgan fingerprint density at radius 3 is 2.35 bits per heavy atom. The van der Waals surface area contributed by atoms with Crippen LogP contribution in [0, 0.1) is 13.8 Å². The highest BCUT2D eigenvalue weighted by atomic mass is 16.5. The Kier molecular flexibility index (Phi) is 6.72. The van der Waals surface area contributed by atoms with Crippen LogP contribution in [0.25, 0.3) is 0 Å². The zero-order valence-electron chi connectivity index (χ0n) is 19.3. The first-order chi connectivity index (χ1) is 16.4. The summed E-state index contributed by atoms with van der Waals surface area (Å²) in [5.41, 5.74) is 4.04. The normalized spacial score (nSPS) is 10.7. The summed E-state index contributed by atoms with van der Waals surface area (Å²) in [5.74, 6) is 0.114. The van der Waals surface area contributed by atoms with Gasteiger partial charge >= 0.3 is 0 Å². The predicted molar refractivity (Wildman–Crippen MR) is 129 cm³/mol. The van der Waals surface area contributed by atoms with Crippen LogP contribution in [0.5, 0.6) is 5.75 Å². The van der Waals surface area contributed by atoms with E-state index in [1.165, 1.54) is 0 Å². The number of benzene rings is 2. The Morgan fingerprint density at radius 1 is 0.941 bits per heavy atom. The Bertz CT molecular complexity index is 1300. The summed E-state index contributed by atoms with van der Waals surface area (Å²) in [6.45, 7) is 6.71. The number of hydrogen-bond donors (Lipinski definition) is 2. The summed E-state index contributed by atoms with van der Waals surface area (Å²) in [7, 11) is 0. The van der Waals surface area contributed by atoms with Crippen molar-refractivity contribution in [1.29, 1.82) is 0 Å². The molecule has 0 aliphatic heterocycles. The zero-order valence-corrected chi connectivity index (χ0v) is 19.3. The third kappa shape index (κ3) is 5.50. The van der Waals surface area contributed by atoms with E-state index < -0.39 is 0 Å². The highest BCUT2D eigenvalue weighted by Gasteiger charge is 2.13. The van der Waals surface area contributed by atoms with Crippen LogP contribution in [0.3, 0.4) is 0 Å². The van der Waals surface area contributed by atoms with Crippen LogP contribution in [-0.4, -0.2) is 31.4 Å². The molecule has 34 heavy (non-hydrogen) atoms.